The molecule has 0 atom stereocenters. The van der Waals surface area contributed by atoms with Crippen molar-refractivity contribution in [1.82, 2.24) is 20.6 Å². The molecule has 46 heavy (non-hydrogen) atoms. The normalized spacial score (nSPS) is 11.5. The highest BCUT2D eigenvalue weighted by Crippen LogP contribution is 2.28. The third kappa shape index (κ3) is 11.4. The Morgan fingerprint density at radius 2 is 1.07 bits per heavy atom. The highest BCUT2D eigenvalue weighted by atomic mass is 32.2. The van der Waals surface area contributed by atoms with E-state index in [9.17, 15) is 44.3 Å². The number of alkyl halides is 6. The number of sulfonamides is 1. The lowest BCUT2D eigenvalue weighted by Gasteiger charge is -2.08. The molecule has 0 aliphatic carbocycles. The van der Waals surface area contributed by atoms with Gasteiger partial charge in [0.15, 0.2) is 0 Å². The summed E-state index contributed by atoms with van der Waals surface area (Å²) in [5.41, 5.74) is 5.98. The minimum absolute atomic E-state index is 0.00725. The van der Waals surface area contributed by atoms with Crippen molar-refractivity contribution >= 4 is 33.2 Å². The van der Waals surface area contributed by atoms with Crippen molar-refractivity contribution in [2.45, 2.75) is 25.4 Å². The lowest BCUT2D eigenvalue weighted by molar-refractivity contribution is -0.142. The van der Waals surface area contributed by atoms with Crippen molar-refractivity contribution in [1.29, 1.82) is 0 Å². The van der Waals surface area contributed by atoms with Gasteiger partial charge >= 0.3 is 12.4 Å². The number of rotatable bonds is 8. The number of anilines is 2. The smallest absolute Gasteiger partial charge is 0.399 e. The van der Waals surface area contributed by atoms with E-state index in [1.165, 1.54) is 36.4 Å². The van der Waals surface area contributed by atoms with Gasteiger partial charge in [0.25, 0.3) is 11.8 Å². The Balaban J connectivity index is 0.000000254. The van der Waals surface area contributed by atoms with Crippen LogP contribution in [0.2, 0.25) is 0 Å². The second-order valence-corrected chi connectivity index (χ2v) is 11.3. The molecule has 0 bridgehead atoms. The first-order chi connectivity index (χ1) is 21.4. The number of nitrogen functional groups attached to an aromatic ring is 1. The molecule has 244 valence electrons. The average Bonchev–Trinajstić information content (AvgIpc) is 2.98. The molecule has 0 radical (unpaired) electrons. The second-order valence-electron chi connectivity index (χ2n) is 9.54. The number of hydrogen-bond donors (Lipinski definition) is 4. The topological polar surface area (TPSA) is 156 Å². The summed E-state index contributed by atoms with van der Waals surface area (Å²) in [5, 5.41) is 5.13. The van der Waals surface area contributed by atoms with Gasteiger partial charge in [-0.05, 0) is 71.8 Å². The highest BCUT2D eigenvalue weighted by Gasteiger charge is 2.32. The van der Waals surface area contributed by atoms with Gasteiger partial charge in [0.1, 0.15) is 11.4 Å². The Hall–Kier alpha value is -5.19. The number of benzene rings is 2. The van der Waals surface area contributed by atoms with Gasteiger partial charge in [-0.25, -0.2) is 8.42 Å². The van der Waals surface area contributed by atoms with E-state index in [1.54, 1.807) is 24.3 Å². The molecule has 0 unspecified atom stereocenters. The fourth-order valence-electron chi connectivity index (χ4n) is 3.50. The molecule has 17 heteroatoms. The second kappa shape index (κ2) is 14.7. The van der Waals surface area contributed by atoms with Crippen LogP contribution in [0.4, 0.5) is 37.7 Å². The standard InChI is InChI=1S/C15H14F3N3O3S.C14H12F3N3O/c1-25(23,24)21-12-5-3-11(4-6-12)14(22)20-9-10-2-7-13(19-8-10)15(16,17)18;15-14(16,17)12-6-1-9(7-19-12)8-20-13(21)10-2-4-11(18)5-3-10/h2-8,21H,9H2,1H3,(H,20,22);1-7H,8,18H2,(H,20,21). The van der Waals surface area contributed by atoms with Gasteiger partial charge in [-0.15, -0.1) is 0 Å². The summed E-state index contributed by atoms with van der Waals surface area (Å²) < 4.78 is 98.7. The van der Waals surface area contributed by atoms with Gasteiger partial charge in [-0.3, -0.25) is 24.3 Å². The number of carbonyl (C=O) groups is 2. The molecule has 4 aromatic rings. The fraction of sp³-hybridized carbons (Fsp3) is 0.172. The zero-order chi connectivity index (χ0) is 34.1. The van der Waals surface area contributed by atoms with Crippen LogP contribution in [0.25, 0.3) is 0 Å². The summed E-state index contributed by atoms with van der Waals surface area (Å²) in [7, 11) is -3.41. The van der Waals surface area contributed by atoms with Gasteiger partial charge in [0, 0.05) is 48.0 Å². The first kappa shape index (κ1) is 35.3. The van der Waals surface area contributed by atoms with E-state index in [0.29, 0.717) is 28.1 Å². The van der Waals surface area contributed by atoms with Crippen LogP contribution < -0.4 is 21.1 Å². The highest BCUT2D eigenvalue weighted by molar-refractivity contribution is 7.92. The number of pyridine rings is 2. The number of halogens is 6. The average molecular weight is 669 g/mol. The Labute approximate surface area is 259 Å². The molecule has 10 nitrogen and oxygen atoms in total. The number of nitrogens with two attached hydrogens (primary N) is 1. The zero-order valence-electron chi connectivity index (χ0n) is 23.8. The van der Waals surface area contributed by atoms with Crippen LogP contribution in [0, 0.1) is 0 Å². The van der Waals surface area contributed by atoms with Crippen LogP contribution in [-0.2, 0) is 35.5 Å². The van der Waals surface area contributed by atoms with Crippen LogP contribution in [0.3, 0.4) is 0 Å². The monoisotopic (exact) mass is 668 g/mol. The Morgan fingerprint density at radius 3 is 1.39 bits per heavy atom. The van der Waals surface area contributed by atoms with Crippen molar-refractivity contribution in [3.8, 4) is 0 Å². The SMILES string of the molecule is CS(=O)(=O)Nc1ccc(C(=O)NCc2ccc(C(F)(F)F)nc2)cc1.Nc1ccc(C(=O)NCc2ccc(C(F)(F)F)nc2)cc1. The van der Waals surface area contributed by atoms with Crippen molar-refractivity contribution < 1.29 is 44.3 Å². The maximum Gasteiger partial charge on any atom is 0.433 e. The van der Waals surface area contributed by atoms with Crippen LogP contribution in [0.1, 0.15) is 43.2 Å². The molecule has 0 aliphatic heterocycles. The van der Waals surface area contributed by atoms with E-state index >= 15 is 0 Å². The fourth-order valence-corrected chi connectivity index (χ4v) is 4.06. The number of nitrogens with zero attached hydrogens (tertiary/aromatic N) is 2. The van der Waals surface area contributed by atoms with Crippen LogP contribution in [-0.4, -0.2) is 36.5 Å². The molecule has 2 aromatic heterocycles. The molecule has 2 heterocycles. The lowest BCUT2D eigenvalue weighted by atomic mass is 10.2. The maximum absolute atomic E-state index is 12.4. The van der Waals surface area contributed by atoms with E-state index in [4.69, 9.17) is 5.73 Å². The maximum atomic E-state index is 12.4. The Kier molecular flexibility index (Phi) is 11.3. The van der Waals surface area contributed by atoms with Crippen molar-refractivity contribution in [3.63, 3.8) is 0 Å². The third-order valence-electron chi connectivity index (χ3n) is 5.76. The summed E-state index contributed by atoms with van der Waals surface area (Å²) in [6.45, 7) is 0.0989. The first-order valence-electron chi connectivity index (χ1n) is 12.9. The molecule has 5 N–H and O–H groups in total. The first-order valence-corrected chi connectivity index (χ1v) is 14.8. The molecular formula is C29H26F6N6O4S. The molecule has 0 spiro atoms. The number of carbonyl (C=O) groups excluding carboxylic acids is 2. The van der Waals surface area contributed by atoms with Crippen molar-refractivity contribution in [3.05, 3.63) is 119 Å². The zero-order valence-corrected chi connectivity index (χ0v) is 24.6. The molecule has 0 saturated heterocycles. The molecule has 0 aliphatic rings. The number of hydrogen-bond acceptors (Lipinski definition) is 7. The Morgan fingerprint density at radius 1 is 0.674 bits per heavy atom. The third-order valence-corrected chi connectivity index (χ3v) is 6.37. The molecule has 0 saturated carbocycles. The quantitative estimate of drug-likeness (QED) is 0.152. The molecule has 2 amide bonds. The van der Waals surface area contributed by atoms with Crippen molar-refractivity contribution in [2.24, 2.45) is 0 Å². The molecule has 2 aromatic carbocycles. The summed E-state index contributed by atoms with van der Waals surface area (Å²) >= 11 is 0. The largest absolute Gasteiger partial charge is 0.433 e. The van der Waals surface area contributed by atoms with Crippen LogP contribution >= 0.6 is 0 Å². The Bertz CT molecular complexity index is 1730. The van der Waals surface area contributed by atoms with E-state index < -0.39 is 39.7 Å². The van der Waals surface area contributed by atoms with E-state index in [-0.39, 0.29) is 24.6 Å². The number of amides is 2. The summed E-state index contributed by atoms with van der Waals surface area (Å²) in [4.78, 5) is 30.4. The number of aromatic nitrogens is 2. The van der Waals surface area contributed by atoms with E-state index in [1.807, 2.05) is 0 Å². The van der Waals surface area contributed by atoms with E-state index in [0.717, 1.165) is 30.8 Å². The predicted octanol–water partition coefficient (Wildman–Crippen LogP) is 5.01. The van der Waals surface area contributed by atoms with Gasteiger partial charge in [0.05, 0.1) is 6.26 Å². The van der Waals surface area contributed by atoms with Crippen molar-refractivity contribution in [2.75, 3.05) is 16.7 Å². The summed E-state index contributed by atoms with van der Waals surface area (Å²) in [6, 6.07) is 16.2. The predicted molar refractivity (Wildman–Crippen MR) is 157 cm³/mol. The van der Waals surface area contributed by atoms with Gasteiger partial charge < -0.3 is 16.4 Å². The van der Waals surface area contributed by atoms with Gasteiger partial charge in [0.2, 0.25) is 10.0 Å². The van der Waals surface area contributed by atoms with Crippen LogP contribution in [0.15, 0.2) is 85.2 Å². The summed E-state index contributed by atoms with van der Waals surface area (Å²) in [5.74, 6) is -0.791. The minimum Gasteiger partial charge on any atom is -0.399 e. The molecule has 4 rings (SSSR count). The minimum atomic E-state index is -4.51. The summed E-state index contributed by atoms with van der Waals surface area (Å²) in [6.07, 6.45) is -5.84. The van der Waals surface area contributed by atoms with Gasteiger partial charge in [-0.2, -0.15) is 26.3 Å². The number of nitrogens with one attached hydrogen (secondary N) is 3. The van der Waals surface area contributed by atoms with Crippen LogP contribution in [0.5, 0.6) is 0 Å². The van der Waals surface area contributed by atoms with E-state index in [2.05, 4.69) is 25.3 Å². The molecule has 0 fully saturated rings. The molecular weight excluding hydrogens is 642 g/mol. The lowest BCUT2D eigenvalue weighted by Crippen LogP contribution is -2.23. The van der Waals surface area contributed by atoms with Gasteiger partial charge in [-0.1, -0.05) is 12.1 Å².